The summed E-state index contributed by atoms with van der Waals surface area (Å²) in [5, 5.41) is 15.4. The van der Waals surface area contributed by atoms with Crippen LogP contribution in [-0.2, 0) is 26.4 Å². The molecule has 7 heteroatoms. The largest absolute Gasteiger partial charge is 0.493 e. The van der Waals surface area contributed by atoms with E-state index in [-0.39, 0.29) is 6.04 Å². The van der Waals surface area contributed by atoms with Gasteiger partial charge in [-0.25, -0.2) is 4.99 Å². The van der Waals surface area contributed by atoms with Crippen molar-refractivity contribution in [3.8, 4) is 5.75 Å². The standard InChI is InChI=1S/C24H30N6O/c1-17(20-7-5-4-6-8-20)27-24(26-16-23-29-28-18(2)30(23)3)25-13-11-19-9-10-22-21(15-19)12-14-31-22/h4-10,15,17H,11-14,16H2,1-3H3,(H2,25,26,27). The van der Waals surface area contributed by atoms with Gasteiger partial charge in [0, 0.05) is 20.0 Å². The first kappa shape index (κ1) is 20.9. The van der Waals surface area contributed by atoms with Crippen molar-refractivity contribution < 1.29 is 4.74 Å². The third-order valence-corrected chi connectivity index (χ3v) is 5.67. The fourth-order valence-corrected chi connectivity index (χ4v) is 3.64. The van der Waals surface area contributed by atoms with Crippen LogP contribution in [0.3, 0.4) is 0 Å². The summed E-state index contributed by atoms with van der Waals surface area (Å²) in [6.07, 6.45) is 1.91. The lowest BCUT2D eigenvalue weighted by Gasteiger charge is -2.19. The SMILES string of the molecule is Cc1nnc(CN=C(NCCc2ccc3c(c2)CCO3)NC(C)c2ccccc2)n1C. The lowest BCUT2D eigenvalue weighted by atomic mass is 10.1. The number of guanidine groups is 1. The third-order valence-electron chi connectivity index (χ3n) is 5.67. The molecule has 31 heavy (non-hydrogen) atoms. The summed E-state index contributed by atoms with van der Waals surface area (Å²) in [5.41, 5.74) is 3.82. The van der Waals surface area contributed by atoms with Gasteiger partial charge >= 0.3 is 0 Å². The minimum Gasteiger partial charge on any atom is -0.493 e. The van der Waals surface area contributed by atoms with Gasteiger partial charge in [0.2, 0.25) is 0 Å². The summed E-state index contributed by atoms with van der Waals surface area (Å²) in [7, 11) is 1.96. The molecular weight excluding hydrogens is 388 g/mol. The van der Waals surface area contributed by atoms with Crippen LogP contribution in [0, 0.1) is 6.92 Å². The summed E-state index contributed by atoms with van der Waals surface area (Å²) in [6.45, 7) is 6.11. The highest BCUT2D eigenvalue weighted by Crippen LogP contribution is 2.25. The minimum atomic E-state index is 0.130. The molecule has 1 aromatic heterocycles. The average molecular weight is 419 g/mol. The number of hydrogen-bond donors (Lipinski definition) is 2. The van der Waals surface area contributed by atoms with E-state index in [4.69, 9.17) is 9.73 Å². The van der Waals surface area contributed by atoms with Crippen molar-refractivity contribution >= 4 is 5.96 Å². The lowest BCUT2D eigenvalue weighted by molar-refractivity contribution is 0.357. The van der Waals surface area contributed by atoms with Crippen LogP contribution >= 0.6 is 0 Å². The number of fused-ring (bicyclic) bond motifs is 1. The Labute approximate surface area is 183 Å². The van der Waals surface area contributed by atoms with Crippen LogP contribution in [0.1, 0.15) is 41.3 Å². The monoisotopic (exact) mass is 418 g/mol. The van der Waals surface area contributed by atoms with E-state index in [1.807, 2.05) is 24.6 Å². The number of ether oxygens (including phenoxy) is 1. The molecule has 2 N–H and O–H groups in total. The highest BCUT2D eigenvalue weighted by atomic mass is 16.5. The summed E-state index contributed by atoms with van der Waals surface area (Å²) >= 11 is 0. The van der Waals surface area contributed by atoms with E-state index in [1.54, 1.807) is 0 Å². The summed E-state index contributed by atoms with van der Waals surface area (Å²) in [5.74, 6) is 3.51. The second-order valence-corrected chi connectivity index (χ2v) is 7.88. The Morgan fingerprint density at radius 3 is 2.81 bits per heavy atom. The molecule has 1 atom stereocenters. The van der Waals surface area contributed by atoms with Crippen molar-refractivity contribution in [1.82, 2.24) is 25.4 Å². The summed E-state index contributed by atoms with van der Waals surface area (Å²) in [4.78, 5) is 4.77. The van der Waals surface area contributed by atoms with Crippen molar-refractivity contribution in [1.29, 1.82) is 0 Å². The molecule has 4 rings (SSSR count). The zero-order valence-electron chi connectivity index (χ0n) is 18.4. The van der Waals surface area contributed by atoms with Crippen molar-refractivity contribution in [3.63, 3.8) is 0 Å². The maximum Gasteiger partial charge on any atom is 0.192 e. The van der Waals surface area contributed by atoms with Crippen molar-refractivity contribution in [2.45, 2.75) is 39.3 Å². The lowest BCUT2D eigenvalue weighted by Crippen LogP contribution is -2.39. The number of benzene rings is 2. The van der Waals surface area contributed by atoms with Gasteiger partial charge < -0.3 is 19.9 Å². The van der Waals surface area contributed by atoms with Crippen LogP contribution in [-0.4, -0.2) is 33.9 Å². The predicted octanol–water partition coefficient (Wildman–Crippen LogP) is 3.10. The van der Waals surface area contributed by atoms with Gasteiger partial charge in [-0.2, -0.15) is 0 Å². The van der Waals surface area contributed by atoms with Crippen LogP contribution in [0.15, 0.2) is 53.5 Å². The Morgan fingerprint density at radius 2 is 2.03 bits per heavy atom. The number of aryl methyl sites for hydroxylation is 1. The molecule has 7 nitrogen and oxygen atoms in total. The van der Waals surface area contributed by atoms with E-state index in [0.717, 1.165) is 49.4 Å². The molecule has 1 unspecified atom stereocenters. The van der Waals surface area contributed by atoms with Gasteiger partial charge in [-0.15, -0.1) is 10.2 Å². The normalized spacial score (nSPS) is 14.1. The highest BCUT2D eigenvalue weighted by molar-refractivity contribution is 5.80. The van der Waals surface area contributed by atoms with Crippen LogP contribution in [0.2, 0.25) is 0 Å². The molecule has 2 aromatic carbocycles. The third kappa shape index (κ3) is 5.23. The first-order chi connectivity index (χ1) is 15.1. The molecule has 2 heterocycles. The number of hydrogen-bond acceptors (Lipinski definition) is 4. The van der Waals surface area contributed by atoms with Gasteiger partial charge in [0.05, 0.1) is 12.6 Å². The Bertz CT molecular complexity index is 1040. The van der Waals surface area contributed by atoms with E-state index in [1.165, 1.54) is 16.7 Å². The van der Waals surface area contributed by atoms with E-state index in [2.05, 4.69) is 70.2 Å². The molecule has 0 saturated heterocycles. The summed E-state index contributed by atoms with van der Waals surface area (Å²) in [6, 6.07) is 17.0. The quantitative estimate of drug-likeness (QED) is 0.456. The molecule has 0 amide bonds. The number of aliphatic imine (C=N–C) groups is 1. The second-order valence-electron chi connectivity index (χ2n) is 7.88. The minimum absolute atomic E-state index is 0.130. The van der Waals surface area contributed by atoms with Gasteiger partial charge in [0.25, 0.3) is 0 Å². The molecule has 0 spiro atoms. The van der Waals surface area contributed by atoms with Gasteiger partial charge in [0.15, 0.2) is 11.8 Å². The van der Waals surface area contributed by atoms with Crippen LogP contribution in [0.5, 0.6) is 5.75 Å². The number of aromatic nitrogens is 3. The molecule has 1 aliphatic heterocycles. The van der Waals surface area contributed by atoms with E-state index >= 15 is 0 Å². The Balaban J connectivity index is 1.42. The first-order valence-corrected chi connectivity index (χ1v) is 10.8. The molecule has 0 saturated carbocycles. The summed E-state index contributed by atoms with van der Waals surface area (Å²) < 4.78 is 7.58. The van der Waals surface area contributed by atoms with Crippen LogP contribution in [0.4, 0.5) is 0 Å². The van der Waals surface area contributed by atoms with Crippen molar-refractivity contribution in [2.24, 2.45) is 12.0 Å². The van der Waals surface area contributed by atoms with Crippen LogP contribution < -0.4 is 15.4 Å². The van der Waals surface area contributed by atoms with E-state index in [9.17, 15) is 0 Å². The maximum absolute atomic E-state index is 5.61. The van der Waals surface area contributed by atoms with Gasteiger partial charge in [-0.3, -0.25) is 0 Å². The molecule has 0 fully saturated rings. The number of rotatable bonds is 7. The zero-order valence-corrected chi connectivity index (χ0v) is 18.4. The van der Waals surface area contributed by atoms with Crippen molar-refractivity contribution in [2.75, 3.05) is 13.2 Å². The Hall–Kier alpha value is -3.35. The first-order valence-electron chi connectivity index (χ1n) is 10.8. The molecule has 162 valence electrons. The van der Waals surface area contributed by atoms with Crippen molar-refractivity contribution in [3.05, 3.63) is 76.9 Å². The van der Waals surface area contributed by atoms with Gasteiger partial charge in [-0.05, 0) is 43.0 Å². The highest BCUT2D eigenvalue weighted by Gasteiger charge is 2.13. The zero-order chi connectivity index (χ0) is 21.6. The Kier molecular flexibility index (Phi) is 6.50. The topological polar surface area (TPSA) is 76.4 Å². The fraction of sp³-hybridized carbons (Fsp3) is 0.375. The molecule has 0 aliphatic carbocycles. The molecule has 0 radical (unpaired) electrons. The Morgan fingerprint density at radius 1 is 1.19 bits per heavy atom. The van der Waals surface area contributed by atoms with E-state index < -0.39 is 0 Å². The molecule has 1 aliphatic rings. The smallest absolute Gasteiger partial charge is 0.192 e. The average Bonchev–Trinajstić information content (AvgIpc) is 3.38. The predicted molar refractivity (Wildman–Crippen MR) is 122 cm³/mol. The molecule has 0 bridgehead atoms. The molecular formula is C24H30N6O. The van der Waals surface area contributed by atoms with E-state index in [0.29, 0.717) is 6.54 Å². The number of nitrogens with one attached hydrogen (secondary N) is 2. The van der Waals surface area contributed by atoms with Gasteiger partial charge in [-0.1, -0.05) is 42.5 Å². The molecule has 3 aromatic rings. The maximum atomic E-state index is 5.61. The second kappa shape index (κ2) is 9.64. The fourth-order valence-electron chi connectivity index (χ4n) is 3.64. The van der Waals surface area contributed by atoms with Crippen LogP contribution in [0.25, 0.3) is 0 Å². The van der Waals surface area contributed by atoms with Gasteiger partial charge in [0.1, 0.15) is 18.1 Å². The number of nitrogens with zero attached hydrogens (tertiary/aromatic N) is 4.